The Morgan fingerprint density at radius 1 is 1.00 bits per heavy atom. The predicted octanol–water partition coefficient (Wildman–Crippen LogP) is 4.15. The molecule has 0 aromatic heterocycles. The van der Waals surface area contributed by atoms with Crippen molar-refractivity contribution >= 4 is 33.4 Å². The number of hydrogen-bond donors (Lipinski definition) is 2. The van der Waals surface area contributed by atoms with Gasteiger partial charge in [0.2, 0.25) is 0 Å². The maximum absolute atomic E-state index is 12.3. The number of carbonyl (C=O) groups is 2. The number of amides is 2. The molecule has 2 aromatic rings. The minimum absolute atomic E-state index is 0.125. The molecule has 0 aliphatic carbocycles. The van der Waals surface area contributed by atoms with E-state index >= 15 is 0 Å². The molecule has 0 aliphatic rings. The largest absolute Gasteiger partial charge is 0.352 e. The predicted molar refractivity (Wildman–Crippen MR) is 95.9 cm³/mol. The average molecular weight is 375 g/mol. The van der Waals surface area contributed by atoms with Crippen LogP contribution in [-0.2, 0) is 0 Å². The van der Waals surface area contributed by atoms with Gasteiger partial charge in [-0.25, -0.2) is 0 Å². The van der Waals surface area contributed by atoms with E-state index in [4.69, 9.17) is 0 Å². The highest BCUT2D eigenvalue weighted by atomic mass is 79.9. The molecule has 0 atom stereocenters. The normalized spacial score (nSPS) is 10.2. The molecule has 23 heavy (non-hydrogen) atoms. The molecule has 0 saturated heterocycles. The second-order valence-corrected chi connectivity index (χ2v) is 6.13. The highest BCUT2D eigenvalue weighted by Crippen LogP contribution is 2.24. The molecule has 2 amide bonds. The summed E-state index contributed by atoms with van der Waals surface area (Å²) in [5.74, 6) is -0.338. The summed E-state index contributed by atoms with van der Waals surface area (Å²) in [5.41, 5.74) is 2.87. The van der Waals surface area contributed by atoms with Gasteiger partial charge in [-0.2, -0.15) is 0 Å². The number of hydrogen-bond acceptors (Lipinski definition) is 2. The standard InChI is InChI=1S/C18H19BrN2O2/c1-3-10-20-17(22)13-5-7-14(8-6-13)18(23)21-16-9-4-12(2)11-15(16)19/h4-9,11H,3,10H2,1-2H3,(H,20,22)(H,21,23). The van der Waals surface area contributed by atoms with Crippen molar-refractivity contribution in [1.82, 2.24) is 5.32 Å². The molecule has 0 bridgehead atoms. The number of anilines is 1. The Labute approximate surface area is 144 Å². The first-order valence-corrected chi connectivity index (χ1v) is 8.26. The van der Waals surface area contributed by atoms with Gasteiger partial charge in [0.05, 0.1) is 5.69 Å². The Balaban J connectivity index is 2.06. The van der Waals surface area contributed by atoms with E-state index in [0.29, 0.717) is 23.4 Å². The van der Waals surface area contributed by atoms with E-state index in [1.807, 2.05) is 32.0 Å². The molecule has 0 saturated carbocycles. The molecule has 2 aromatic carbocycles. The fraction of sp³-hybridized carbons (Fsp3) is 0.222. The third kappa shape index (κ3) is 4.66. The first-order chi connectivity index (χ1) is 11.0. The molecule has 0 fully saturated rings. The second kappa shape index (κ2) is 7.92. The van der Waals surface area contributed by atoms with Crippen LogP contribution in [0.3, 0.4) is 0 Å². The number of benzene rings is 2. The minimum atomic E-state index is -0.213. The Kier molecular flexibility index (Phi) is 5.93. The SMILES string of the molecule is CCCNC(=O)c1ccc(C(=O)Nc2ccc(C)cc2Br)cc1. The van der Waals surface area contributed by atoms with E-state index in [1.165, 1.54) is 0 Å². The van der Waals surface area contributed by atoms with Crippen LogP contribution in [0, 0.1) is 6.92 Å². The monoisotopic (exact) mass is 374 g/mol. The van der Waals surface area contributed by atoms with E-state index < -0.39 is 0 Å². The molecule has 0 spiro atoms. The summed E-state index contributed by atoms with van der Waals surface area (Å²) < 4.78 is 0.835. The highest BCUT2D eigenvalue weighted by Gasteiger charge is 2.10. The van der Waals surface area contributed by atoms with Crippen LogP contribution in [0.15, 0.2) is 46.9 Å². The summed E-state index contributed by atoms with van der Waals surface area (Å²) in [6.45, 7) is 4.62. The zero-order chi connectivity index (χ0) is 16.8. The van der Waals surface area contributed by atoms with Gasteiger partial charge in [-0.1, -0.05) is 13.0 Å². The first kappa shape index (κ1) is 17.2. The molecule has 0 unspecified atom stereocenters. The van der Waals surface area contributed by atoms with Crippen molar-refractivity contribution < 1.29 is 9.59 Å². The zero-order valence-electron chi connectivity index (χ0n) is 13.2. The Morgan fingerprint density at radius 3 is 2.17 bits per heavy atom. The molecular weight excluding hydrogens is 356 g/mol. The molecule has 0 aliphatic heterocycles. The van der Waals surface area contributed by atoms with Gasteiger partial charge in [0, 0.05) is 22.1 Å². The van der Waals surface area contributed by atoms with Crippen LogP contribution >= 0.6 is 15.9 Å². The molecule has 0 radical (unpaired) electrons. The zero-order valence-corrected chi connectivity index (χ0v) is 14.7. The molecule has 2 N–H and O–H groups in total. The molecule has 0 heterocycles. The topological polar surface area (TPSA) is 58.2 Å². The van der Waals surface area contributed by atoms with Gasteiger partial charge in [-0.05, 0) is 71.2 Å². The van der Waals surface area contributed by atoms with Crippen molar-refractivity contribution in [2.75, 3.05) is 11.9 Å². The summed E-state index contributed by atoms with van der Waals surface area (Å²) in [4.78, 5) is 24.1. The van der Waals surface area contributed by atoms with Crippen molar-refractivity contribution in [3.05, 3.63) is 63.6 Å². The van der Waals surface area contributed by atoms with Crippen LogP contribution in [0.1, 0.15) is 39.6 Å². The van der Waals surface area contributed by atoms with Crippen molar-refractivity contribution in [1.29, 1.82) is 0 Å². The number of carbonyl (C=O) groups excluding carboxylic acids is 2. The second-order valence-electron chi connectivity index (χ2n) is 5.27. The fourth-order valence-corrected chi connectivity index (χ4v) is 2.62. The Bertz CT molecular complexity index is 711. The maximum Gasteiger partial charge on any atom is 0.255 e. The molecule has 2 rings (SSSR count). The van der Waals surface area contributed by atoms with Crippen LogP contribution in [0.5, 0.6) is 0 Å². The summed E-state index contributed by atoms with van der Waals surface area (Å²) in [6.07, 6.45) is 0.887. The van der Waals surface area contributed by atoms with E-state index in [9.17, 15) is 9.59 Å². The van der Waals surface area contributed by atoms with Gasteiger partial charge in [0.15, 0.2) is 0 Å². The van der Waals surface area contributed by atoms with Crippen molar-refractivity contribution in [2.24, 2.45) is 0 Å². The number of nitrogens with one attached hydrogen (secondary N) is 2. The third-order valence-electron chi connectivity index (χ3n) is 3.32. The lowest BCUT2D eigenvalue weighted by molar-refractivity contribution is 0.0951. The quantitative estimate of drug-likeness (QED) is 0.825. The van der Waals surface area contributed by atoms with Crippen LogP contribution in [0.25, 0.3) is 0 Å². The lowest BCUT2D eigenvalue weighted by Gasteiger charge is -2.09. The van der Waals surface area contributed by atoms with Crippen LogP contribution in [0.4, 0.5) is 5.69 Å². The van der Waals surface area contributed by atoms with Gasteiger partial charge in [0.25, 0.3) is 11.8 Å². The van der Waals surface area contributed by atoms with Gasteiger partial charge in [-0.15, -0.1) is 0 Å². The number of rotatable bonds is 5. The Morgan fingerprint density at radius 2 is 1.61 bits per heavy atom. The van der Waals surface area contributed by atoms with Gasteiger partial charge < -0.3 is 10.6 Å². The minimum Gasteiger partial charge on any atom is -0.352 e. The molecule has 5 heteroatoms. The van der Waals surface area contributed by atoms with Gasteiger partial charge >= 0.3 is 0 Å². The fourth-order valence-electron chi connectivity index (χ4n) is 2.03. The van der Waals surface area contributed by atoms with Gasteiger partial charge in [-0.3, -0.25) is 9.59 Å². The van der Waals surface area contributed by atoms with Crippen molar-refractivity contribution in [3.8, 4) is 0 Å². The summed E-state index contributed by atoms with van der Waals surface area (Å²) >= 11 is 3.44. The van der Waals surface area contributed by atoms with Crippen LogP contribution < -0.4 is 10.6 Å². The summed E-state index contributed by atoms with van der Waals surface area (Å²) in [7, 11) is 0. The van der Waals surface area contributed by atoms with Crippen LogP contribution in [0.2, 0.25) is 0 Å². The maximum atomic E-state index is 12.3. The first-order valence-electron chi connectivity index (χ1n) is 7.47. The van der Waals surface area contributed by atoms with E-state index in [2.05, 4.69) is 26.6 Å². The number of aryl methyl sites for hydroxylation is 1. The molecule has 4 nitrogen and oxygen atoms in total. The lowest BCUT2D eigenvalue weighted by Crippen LogP contribution is -2.24. The third-order valence-corrected chi connectivity index (χ3v) is 3.97. The summed E-state index contributed by atoms with van der Waals surface area (Å²) in [6, 6.07) is 12.3. The van der Waals surface area contributed by atoms with E-state index in [-0.39, 0.29) is 11.8 Å². The van der Waals surface area contributed by atoms with Crippen LogP contribution in [-0.4, -0.2) is 18.4 Å². The number of halogens is 1. The molecular formula is C18H19BrN2O2. The Hall–Kier alpha value is -2.14. The highest BCUT2D eigenvalue weighted by molar-refractivity contribution is 9.10. The van der Waals surface area contributed by atoms with Gasteiger partial charge in [0.1, 0.15) is 0 Å². The van der Waals surface area contributed by atoms with Crippen molar-refractivity contribution in [3.63, 3.8) is 0 Å². The molecule has 120 valence electrons. The summed E-state index contributed by atoms with van der Waals surface area (Å²) in [5, 5.41) is 5.65. The van der Waals surface area contributed by atoms with Crippen molar-refractivity contribution in [2.45, 2.75) is 20.3 Å². The lowest BCUT2D eigenvalue weighted by atomic mass is 10.1. The average Bonchev–Trinajstić information content (AvgIpc) is 2.55. The smallest absolute Gasteiger partial charge is 0.255 e. The van der Waals surface area contributed by atoms with E-state index in [0.717, 1.165) is 16.5 Å². The van der Waals surface area contributed by atoms with E-state index in [1.54, 1.807) is 24.3 Å².